The van der Waals surface area contributed by atoms with Gasteiger partial charge in [-0.3, -0.25) is 0 Å². The Balaban J connectivity index is 1.93. The fourth-order valence-electron chi connectivity index (χ4n) is 1.61. The molecule has 0 amide bonds. The number of hydrogen-bond donors (Lipinski definition) is 1. The highest BCUT2D eigenvalue weighted by Crippen LogP contribution is 2.22. The minimum atomic E-state index is -0.667. The van der Waals surface area contributed by atoms with Gasteiger partial charge in [0.2, 0.25) is 0 Å². The SMILES string of the molecule is C[C@H](O)c1ccc(OCCc2cccs2)c(F)c1. The molecule has 0 fully saturated rings. The lowest BCUT2D eigenvalue weighted by molar-refractivity contribution is 0.198. The molecule has 0 aliphatic carbocycles. The molecule has 2 rings (SSSR count). The van der Waals surface area contributed by atoms with E-state index in [0.717, 1.165) is 6.42 Å². The summed E-state index contributed by atoms with van der Waals surface area (Å²) in [6.07, 6.45) is 0.106. The number of aliphatic hydroxyl groups is 1. The Morgan fingerprint density at radius 3 is 2.83 bits per heavy atom. The van der Waals surface area contributed by atoms with Gasteiger partial charge in [0.1, 0.15) is 0 Å². The van der Waals surface area contributed by atoms with Gasteiger partial charge < -0.3 is 9.84 Å². The van der Waals surface area contributed by atoms with Crippen molar-refractivity contribution in [2.24, 2.45) is 0 Å². The molecule has 2 aromatic rings. The first-order chi connectivity index (χ1) is 8.66. The topological polar surface area (TPSA) is 29.5 Å². The smallest absolute Gasteiger partial charge is 0.165 e. The van der Waals surface area contributed by atoms with E-state index in [9.17, 15) is 9.50 Å². The Morgan fingerprint density at radius 1 is 1.39 bits per heavy atom. The molecule has 1 N–H and O–H groups in total. The van der Waals surface area contributed by atoms with E-state index in [1.165, 1.54) is 10.9 Å². The number of ether oxygens (including phenoxy) is 1. The van der Waals surface area contributed by atoms with Crippen molar-refractivity contribution < 1.29 is 14.2 Å². The first-order valence-corrected chi connectivity index (χ1v) is 6.67. The molecule has 0 aliphatic rings. The van der Waals surface area contributed by atoms with Crippen molar-refractivity contribution in [3.8, 4) is 5.75 Å². The molecule has 96 valence electrons. The summed E-state index contributed by atoms with van der Waals surface area (Å²) in [4.78, 5) is 1.22. The normalized spacial score (nSPS) is 12.4. The predicted molar refractivity (Wildman–Crippen MR) is 70.6 cm³/mol. The van der Waals surface area contributed by atoms with Crippen molar-refractivity contribution >= 4 is 11.3 Å². The molecular formula is C14H15FO2S. The van der Waals surface area contributed by atoms with Crippen LogP contribution in [0.25, 0.3) is 0 Å². The summed E-state index contributed by atoms with van der Waals surface area (Å²) in [5, 5.41) is 11.3. The second kappa shape index (κ2) is 5.98. The third kappa shape index (κ3) is 3.31. The second-order valence-corrected chi connectivity index (χ2v) is 5.08. The highest BCUT2D eigenvalue weighted by molar-refractivity contribution is 7.09. The van der Waals surface area contributed by atoms with Crippen LogP contribution in [0.2, 0.25) is 0 Å². The van der Waals surface area contributed by atoms with Gasteiger partial charge in [0, 0.05) is 11.3 Å². The molecular weight excluding hydrogens is 251 g/mol. The summed E-state index contributed by atoms with van der Waals surface area (Å²) in [5.74, 6) is -0.199. The van der Waals surface area contributed by atoms with Crippen LogP contribution in [0, 0.1) is 5.82 Å². The van der Waals surface area contributed by atoms with E-state index >= 15 is 0 Å². The lowest BCUT2D eigenvalue weighted by Crippen LogP contribution is -2.02. The van der Waals surface area contributed by atoms with Crippen molar-refractivity contribution in [2.75, 3.05) is 6.61 Å². The van der Waals surface area contributed by atoms with Crippen LogP contribution < -0.4 is 4.74 Å². The van der Waals surface area contributed by atoms with Gasteiger partial charge >= 0.3 is 0 Å². The van der Waals surface area contributed by atoms with E-state index in [1.807, 2.05) is 17.5 Å². The summed E-state index contributed by atoms with van der Waals surface area (Å²) in [5.41, 5.74) is 0.554. The third-order valence-corrected chi connectivity index (χ3v) is 3.56. The van der Waals surface area contributed by atoms with E-state index in [2.05, 4.69) is 0 Å². The van der Waals surface area contributed by atoms with Crippen LogP contribution in [0.3, 0.4) is 0 Å². The van der Waals surface area contributed by atoms with Gasteiger partial charge in [-0.15, -0.1) is 11.3 Å². The molecule has 18 heavy (non-hydrogen) atoms. The number of rotatable bonds is 5. The van der Waals surface area contributed by atoms with E-state index in [-0.39, 0.29) is 5.75 Å². The molecule has 1 atom stereocenters. The summed E-state index contributed by atoms with van der Waals surface area (Å²) >= 11 is 1.66. The quantitative estimate of drug-likeness (QED) is 0.896. The number of benzene rings is 1. The summed E-state index contributed by atoms with van der Waals surface area (Å²) in [6, 6.07) is 8.56. The minimum Gasteiger partial charge on any atom is -0.490 e. The molecule has 0 bridgehead atoms. The molecule has 0 aliphatic heterocycles. The van der Waals surface area contributed by atoms with E-state index in [4.69, 9.17) is 4.74 Å². The largest absolute Gasteiger partial charge is 0.490 e. The molecule has 4 heteroatoms. The van der Waals surface area contributed by atoms with E-state index < -0.39 is 11.9 Å². The average Bonchev–Trinajstić information content (AvgIpc) is 2.84. The fourth-order valence-corrected chi connectivity index (χ4v) is 2.30. The monoisotopic (exact) mass is 266 g/mol. The molecule has 1 aromatic heterocycles. The summed E-state index contributed by atoms with van der Waals surface area (Å²) in [7, 11) is 0. The first kappa shape index (κ1) is 13.1. The van der Waals surface area contributed by atoms with Crippen LogP contribution in [0.1, 0.15) is 23.5 Å². The Morgan fingerprint density at radius 2 is 2.22 bits per heavy atom. The maximum Gasteiger partial charge on any atom is 0.165 e. The Hall–Kier alpha value is -1.39. The fraction of sp³-hybridized carbons (Fsp3) is 0.286. The predicted octanol–water partition coefficient (Wildman–Crippen LogP) is 3.56. The van der Waals surface area contributed by atoms with Gasteiger partial charge in [-0.2, -0.15) is 0 Å². The molecule has 0 unspecified atom stereocenters. The highest BCUT2D eigenvalue weighted by atomic mass is 32.1. The minimum absolute atomic E-state index is 0.232. The molecule has 0 radical (unpaired) electrons. The van der Waals surface area contributed by atoms with Gasteiger partial charge in [-0.05, 0) is 36.1 Å². The van der Waals surface area contributed by atoms with E-state index in [0.29, 0.717) is 12.2 Å². The second-order valence-electron chi connectivity index (χ2n) is 4.04. The van der Waals surface area contributed by atoms with Gasteiger partial charge in [0.05, 0.1) is 12.7 Å². The van der Waals surface area contributed by atoms with Gasteiger partial charge in [0.25, 0.3) is 0 Å². The van der Waals surface area contributed by atoms with Crippen molar-refractivity contribution in [1.29, 1.82) is 0 Å². The van der Waals surface area contributed by atoms with Crippen molar-refractivity contribution in [1.82, 2.24) is 0 Å². The zero-order chi connectivity index (χ0) is 13.0. The average molecular weight is 266 g/mol. The third-order valence-electron chi connectivity index (χ3n) is 2.62. The maximum absolute atomic E-state index is 13.6. The molecule has 2 nitrogen and oxygen atoms in total. The zero-order valence-electron chi connectivity index (χ0n) is 10.1. The van der Waals surface area contributed by atoms with Crippen molar-refractivity contribution in [3.63, 3.8) is 0 Å². The highest BCUT2D eigenvalue weighted by Gasteiger charge is 2.08. The number of aliphatic hydroxyl groups excluding tert-OH is 1. The van der Waals surface area contributed by atoms with Crippen LogP contribution >= 0.6 is 11.3 Å². The molecule has 1 aromatic carbocycles. The van der Waals surface area contributed by atoms with Crippen molar-refractivity contribution in [3.05, 3.63) is 52.0 Å². The first-order valence-electron chi connectivity index (χ1n) is 5.79. The lowest BCUT2D eigenvalue weighted by Gasteiger charge is -2.09. The van der Waals surface area contributed by atoms with Crippen molar-refractivity contribution in [2.45, 2.75) is 19.4 Å². The van der Waals surface area contributed by atoms with Crippen LogP contribution in [-0.2, 0) is 6.42 Å². The van der Waals surface area contributed by atoms with Gasteiger partial charge in [0.15, 0.2) is 11.6 Å². The maximum atomic E-state index is 13.6. The molecule has 0 saturated heterocycles. The zero-order valence-corrected chi connectivity index (χ0v) is 10.9. The Labute approximate surface area is 110 Å². The van der Waals surface area contributed by atoms with Crippen LogP contribution in [-0.4, -0.2) is 11.7 Å². The molecule has 1 heterocycles. The standard InChI is InChI=1S/C14H15FO2S/c1-10(16)11-4-5-14(13(15)9-11)17-7-6-12-3-2-8-18-12/h2-5,8-10,16H,6-7H2,1H3/t10-/m0/s1. The number of hydrogen-bond acceptors (Lipinski definition) is 3. The lowest BCUT2D eigenvalue weighted by atomic mass is 10.1. The van der Waals surface area contributed by atoms with E-state index in [1.54, 1.807) is 30.4 Å². The van der Waals surface area contributed by atoms with Crippen LogP contribution in [0.5, 0.6) is 5.75 Å². The summed E-state index contributed by atoms with van der Waals surface area (Å²) < 4.78 is 19.0. The Kier molecular flexibility index (Phi) is 4.33. The number of thiophene rings is 1. The molecule has 0 saturated carbocycles. The van der Waals surface area contributed by atoms with Gasteiger partial charge in [-0.25, -0.2) is 4.39 Å². The number of halogens is 1. The summed E-state index contributed by atoms with van der Waals surface area (Å²) in [6.45, 7) is 2.05. The molecule has 0 spiro atoms. The van der Waals surface area contributed by atoms with Crippen LogP contribution in [0.15, 0.2) is 35.7 Å². The van der Waals surface area contributed by atoms with Gasteiger partial charge in [-0.1, -0.05) is 12.1 Å². The Bertz CT molecular complexity index is 495. The van der Waals surface area contributed by atoms with Crippen LogP contribution in [0.4, 0.5) is 4.39 Å².